The number of carbonyl (C=O) groups excluding carboxylic acids is 1. The second kappa shape index (κ2) is 6.70. The fourth-order valence-corrected chi connectivity index (χ4v) is 2.41. The maximum atomic E-state index is 12.0. The highest BCUT2D eigenvalue weighted by Crippen LogP contribution is 2.17. The third-order valence-electron chi connectivity index (χ3n) is 3.17. The molecule has 0 aliphatic rings. The molecular formula is C16H14BrN3O3. The Morgan fingerprint density at radius 1 is 1.39 bits per heavy atom. The molecule has 0 atom stereocenters. The van der Waals surface area contributed by atoms with E-state index < -0.39 is 0 Å². The van der Waals surface area contributed by atoms with Gasteiger partial charge in [-0.1, -0.05) is 12.1 Å². The van der Waals surface area contributed by atoms with Crippen LogP contribution < -0.4 is 10.1 Å². The monoisotopic (exact) mass is 375 g/mol. The Kier molecular flexibility index (Phi) is 4.47. The molecule has 2 aromatic heterocycles. The zero-order chi connectivity index (χ0) is 16.2. The topological polar surface area (TPSA) is 69.3 Å². The summed E-state index contributed by atoms with van der Waals surface area (Å²) < 4.78 is 12.7. The number of halogens is 1. The zero-order valence-electron chi connectivity index (χ0n) is 12.3. The Morgan fingerprint density at radius 3 is 3.00 bits per heavy atom. The van der Waals surface area contributed by atoms with E-state index in [0.717, 1.165) is 11.3 Å². The average Bonchev–Trinajstić information content (AvgIpc) is 3.16. The molecule has 1 aromatic carbocycles. The molecule has 0 bridgehead atoms. The molecule has 0 aliphatic heterocycles. The van der Waals surface area contributed by atoms with Crippen LogP contribution in [0.4, 0.5) is 5.69 Å². The predicted octanol–water partition coefficient (Wildman–Crippen LogP) is 3.55. The van der Waals surface area contributed by atoms with Crippen LogP contribution >= 0.6 is 15.9 Å². The summed E-state index contributed by atoms with van der Waals surface area (Å²) in [6.07, 6.45) is 3.35. The summed E-state index contributed by atoms with van der Waals surface area (Å²) in [5, 5.41) is 6.98. The number of nitrogens with zero attached hydrogens (tertiary/aromatic N) is 2. The SMILES string of the molecule is COc1cccc(Cn2cc(NC(=O)c3ccc(Br)o3)cn2)c1. The number of anilines is 1. The van der Waals surface area contributed by atoms with Gasteiger partial charge in [0.1, 0.15) is 5.75 Å². The lowest BCUT2D eigenvalue weighted by atomic mass is 10.2. The van der Waals surface area contributed by atoms with E-state index in [0.29, 0.717) is 16.9 Å². The maximum Gasteiger partial charge on any atom is 0.291 e. The van der Waals surface area contributed by atoms with Crippen LogP contribution in [0.1, 0.15) is 16.1 Å². The minimum Gasteiger partial charge on any atom is -0.497 e. The fraction of sp³-hybridized carbons (Fsp3) is 0.125. The molecule has 0 saturated carbocycles. The Balaban J connectivity index is 1.67. The minimum atomic E-state index is -0.323. The smallest absolute Gasteiger partial charge is 0.291 e. The molecule has 0 saturated heterocycles. The van der Waals surface area contributed by atoms with Crippen molar-refractivity contribution in [3.63, 3.8) is 0 Å². The van der Waals surface area contributed by atoms with Crippen molar-refractivity contribution in [3.8, 4) is 5.75 Å². The molecule has 0 fully saturated rings. The molecule has 1 amide bonds. The first-order valence-corrected chi connectivity index (χ1v) is 7.65. The molecule has 2 heterocycles. The Labute approximate surface area is 141 Å². The largest absolute Gasteiger partial charge is 0.497 e. The number of aromatic nitrogens is 2. The number of rotatable bonds is 5. The van der Waals surface area contributed by atoms with Crippen LogP contribution in [0.25, 0.3) is 0 Å². The number of nitrogens with one attached hydrogen (secondary N) is 1. The summed E-state index contributed by atoms with van der Waals surface area (Å²) in [6, 6.07) is 11.0. The van der Waals surface area contributed by atoms with Crippen molar-refractivity contribution in [2.24, 2.45) is 0 Å². The number of amides is 1. The van der Waals surface area contributed by atoms with Gasteiger partial charge in [-0.2, -0.15) is 5.10 Å². The molecule has 0 unspecified atom stereocenters. The number of ether oxygens (including phenoxy) is 1. The van der Waals surface area contributed by atoms with Gasteiger partial charge < -0.3 is 14.5 Å². The van der Waals surface area contributed by atoms with Gasteiger partial charge in [0.15, 0.2) is 10.4 Å². The molecule has 3 rings (SSSR count). The summed E-state index contributed by atoms with van der Waals surface area (Å²) in [6.45, 7) is 0.583. The quantitative estimate of drug-likeness (QED) is 0.740. The molecule has 3 aromatic rings. The van der Waals surface area contributed by atoms with E-state index >= 15 is 0 Å². The van der Waals surface area contributed by atoms with Crippen LogP contribution in [0.5, 0.6) is 5.75 Å². The first-order chi connectivity index (χ1) is 11.1. The van der Waals surface area contributed by atoms with Crippen LogP contribution in [0.2, 0.25) is 0 Å². The standard InChI is InChI=1S/C16H14BrN3O3/c1-22-13-4-2-3-11(7-13)9-20-10-12(8-18-20)19-16(21)14-5-6-15(17)23-14/h2-8,10H,9H2,1H3,(H,19,21). The normalized spacial score (nSPS) is 10.5. The number of benzene rings is 1. The molecule has 0 spiro atoms. The molecule has 1 N–H and O–H groups in total. The number of hydrogen-bond acceptors (Lipinski definition) is 4. The van der Waals surface area contributed by atoms with Crippen molar-refractivity contribution in [3.05, 3.63) is 64.8 Å². The van der Waals surface area contributed by atoms with Crippen molar-refractivity contribution >= 4 is 27.5 Å². The van der Waals surface area contributed by atoms with Crippen molar-refractivity contribution in [2.45, 2.75) is 6.54 Å². The van der Waals surface area contributed by atoms with E-state index in [1.807, 2.05) is 24.3 Å². The van der Waals surface area contributed by atoms with Crippen LogP contribution in [0, 0.1) is 0 Å². The van der Waals surface area contributed by atoms with Gasteiger partial charge in [-0.05, 0) is 45.8 Å². The van der Waals surface area contributed by atoms with Crippen molar-refractivity contribution in [2.75, 3.05) is 12.4 Å². The van der Waals surface area contributed by atoms with E-state index in [1.54, 1.807) is 36.3 Å². The summed E-state index contributed by atoms with van der Waals surface area (Å²) >= 11 is 3.17. The lowest BCUT2D eigenvalue weighted by Crippen LogP contribution is -2.10. The van der Waals surface area contributed by atoms with Gasteiger partial charge in [0.05, 0.1) is 25.5 Å². The first-order valence-electron chi connectivity index (χ1n) is 6.86. The molecule has 0 aliphatic carbocycles. The van der Waals surface area contributed by atoms with Crippen LogP contribution in [-0.2, 0) is 6.54 Å². The van der Waals surface area contributed by atoms with Crippen molar-refractivity contribution < 1.29 is 13.9 Å². The zero-order valence-corrected chi connectivity index (χ0v) is 13.9. The van der Waals surface area contributed by atoms with Crippen LogP contribution in [0.3, 0.4) is 0 Å². The van der Waals surface area contributed by atoms with Gasteiger partial charge in [-0.25, -0.2) is 0 Å². The highest BCUT2D eigenvalue weighted by atomic mass is 79.9. The molecule has 118 valence electrons. The summed E-state index contributed by atoms with van der Waals surface area (Å²) in [5.74, 6) is 0.709. The van der Waals surface area contributed by atoms with Gasteiger partial charge in [0.25, 0.3) is 5.91 Å². The summed E-state index contributed by atoms with van der Waals surface area (Å²) in [7, 11) is 1.63. The van der Waals surface area contributed by atoms with Gasteiger partial charge in [0, 0.05) is 6.20 Å². The first kappa shape index (κ1) is 15.4. The maximum absolute atomic E-state index is 12.0. The average molecular weight is 376 g/mol. The third-order valence-corrected chi connectivity index (χ3v) is 3.59. The number of furan rings is 1. The molecule has 0 radical (unpaired) electrons. The molecule has 6 nitrogen and oxygen atoms in total. The lowest BCUT2D eigenvalue weighted by Gasteiger charge is -2.04. The van der Waals surface area contributed by atoms with E-state index in [2.05, 4.69) is 26.3 Å². The van der Waals surface area contributed by atoms with Crippen LogP contribution in [0.15, 0.2) is 57.9 Å². The van der Waals surface area contributed by atoms with E-state index in [1.165, 1.54) is 0 Å². The summed E-state index contributed by atoms with van der Waals surface area (Å²) in [4.78, 5) is 12.0. The summed E-state index contributed by atoms with van der Waals surface area (Å²) in [5.41, 5.74) is 1.66. The van der Waals surface area contributed by atoms with E-state index in [9.17, 15) is 4.79 Å². The second-order valence-electron chi connectivity index (χ2n) is 4.84. The highest BCUT2D eigenvalue weighted by molar-refractivity contribution is 9.10. The predicted molar refractivity (Wildman–Crippen MR) is 88.7 cm³/mol. The number of hydrogen-bond donors (Lipinski definition) is 1. The van der Waals surface area contributed by atoms with E-state index in [-0.39, 0.29) is 11.7 Å². The highest BCUT2D eigenvalue weighted by Gasteiger charge is 2.11. The van der Waals surface area contributed by atoms with Crippen LogP contribution in [-0.4, -0.2) is 22.8 Å². The van der Waals surface area contributed by atoms with Crippen molar-refractivity contribution in [1.29, 1.82) is 0 Å². The number of carbonyl (C=O) groups is 1. The fourth-order valence-electron chi connectivity index (χ4n) is 2.10. The van der Waals surface area contributed by atoms with Crippen molar-refractivity contribution in [1.82, 2.24) is 9.78 Å². The van der Waals surface area contributed by atoms with Gasteiger partial charge in [-0.15, -0.1) is 0 Å². The second-order valence-corrected chi connectivity index (χ2v) is 5.62. The van der Waals surface area contributed by atoms with Gasteiger partial charge in [0.2, 0.25) is 0 Å². The lowest BCUT2D eigenvalue weighted by molar-refractivity contribution is 0.0995. The minimum absolute atomic E-state index is 0.234. The Morgan fingerprint density at radius 2 is 2.26 bits per heavy atom. The third kappa shape index (κ3) is 3.81. The molecule has 23 heavy (non-hydrogen) atoms. The van der Waals surface area contributed by atoms with Gasteiger partial charge >= 0.3 is 0 Å². The molecule has 7 heteroatoms. The molecular weight excluding hydrogens is 362 g/mol. The van der Waals surface area contributed by atoms with Gasteiger partial charge in [-0.3, -0.25) is 9.48 Å². The Hall–Kier alpha value is -2.54. The van der Waals surface area contributed by atoms with E-state index in [4.69, 9.17) is 9.15 Å². The Bertz CT molecular complexity index is 825. The number of methoxy groups -OCH3 is 1.